The molecule has 0 saturated carbocycles. The average Bonchev–Trinajstić information content (AvgIpc) is 2.68. The SMILES string of the molecule is C=CCn1nccc1C1CCNCC1. The largest absolute Gasteiger partial charge is 0.317 e. The van der Waals surface area contributed by atoms with Crippen molar-refractivity contribution >= 4 is 0 Å². The van der Waals surface area contributed by atoms with Crippen LogP contribution in [0.3, 0.4) is 0 Å². The third-order valence-corrected chi connectivity index (χ3v) is 2.81. The Bertz CT molecular complexity index is 297. The number of allylic oxidation sites excluding steroid dienone is 1. The van der Waals surface area contributed by atoms with Crippen molar-refractivity contribution in [1.29, 1.82) is 0 Å². The van der Waals surface area contributed by atoms with Gasteiger partial charge in [-0.2, -0.15) is 5.10 Å². The fraction of sp³-hybridized carbons (Fsp3) is 0.545. The van der Waals surface area contributed by atoms with E-state index in [1.165, 1.54) is 18.5 Å². The van der Waals surface area contributed by atoms with Gasteiger partial charge in [0.25, 0.3) is 0 Å². The molecule has 1 aliphatic rings. The van der Waals surface area contributed by atoms with Gasteiger partial charge in [-0.3, -0.25) is 4.68 Å². The third kappa shape index (κ3) is 1.87. The van der Waals surface area contributed by atoms with Gasteiger partial charge in [-0.25, -0.2) is 0 Å². The molecule has 2 heterocycles. The van der Waals surface area contributed by atoms with Crippen molar-refractivity contribution < 1.29 is 0 Å². The zero-order valence-electron chi connectivity index (χ0n) is 8.45. The van der Waals surface area contributed by atoms with Crippen molar-refractivity contribution in [3.63, 3.8) is 0 Å². The lowest BCUT2D eigenvalue weighted by Gasteiger charge is -2.23. The van der Waals surface area contributed by atoms with E-state index in [0.29, 0.717) is 5.92 Å². The summed E-state index contributed by atoms with van der Waals surface area (Å²) >= 11 is 0. The summed E-state index contributed by atoms with van der Waals surface area (Å²) in [5, 5.41) is 7.68. The molecular weight excluding hydrogens is 174 g/mol. The van der Waals surface area contributed by atoms with Crippen molar-refractivity contribution in [2.75, 3.05) is 13.1 Å². The maximum atomic E-state index is 4.31. The van der Waals surface area contributed by atoms with Crippen molar-refractivity contribution in [2.24, 2.45) is 0 Å². The smallest absolute Gasteiger partial charge is 0.0590 e. The Balaban J connectivity index is 2.12. The molecule has 1 aliphatic heterocycles. The van der Waals surface area contributed by atoms with E-state index in [4.69, 9.17) is 0 Å². The summed E-state index contributed by atoms with van der Waals surface area (Å²) in [5.74, 6) is 0.679. The van der Waals surface area contributed by atoms with Crippen molar-refractivity contribution in [3.05, 3.63) is 30.6 Å². The number of hydrogen-bond donors (Lipinski definition) is 1. The highest BCUT2D eigenvalue weighted by Crippen LogP contribution is 2.24. The van der Waals surface area contributed by atoms with E-state index < -0.39 is 0 Å². The molecular formula is C11H17N3. The summed E-state index contributed by atoms with van der Waals surface area (Å²) in [5.41, 5.74) is 1.37. The molecule has 0 aliphatic carbocycles. The molecule has 0 spiro atoms. The monoisotopic (exact) mass is 191 g/mol. The fourth-order valence-corrected chi connectivity index (χ4v) is 2.08. The van der Waals surface area contributed by atoms with E-state index in [-0.39, 0.29) is 0 Å². The number of piperidine rings is 1. The van der Waals surface area contributed by atoms with Gasteiger partial charge < -0.3 is 5.32 Å². The van der Waals surface area contributed by atoms with Gasteiger partial charge >= 0.3 is 0 Å². The van der Waals surface area contributed by atoms with E-state index in [1.54, 1.807) is 0 Å². The van der Waals surface area contributed by atoms with Gasteiger partial charge in [0.05, 0.1) is 6.54 Å². The van der Waals surface area contributed by atoms with Gasteiger partial charge in [0.2, 0.25) is 0 Å². The molecule has 14 heavy (non-hydrogen) atoms. The van der Waals surface area contributed by atoms with Gasteiger partial charge in [0.1, 0.15) is 0 Å². The molecule has 3 nitrogen and oxygen atoms in total. The molecule has 76 valence electrons. The van der Waals surface area contributed by atoms with Crippen LogP contribution in [0.25, 0.3) is 0 Å². The van der Waals surface area contributed by atoms with Crippen LogP contribution >= 0.6 is 0 Å². The van der Waals surface area contributed by atoms with Crippen LogP contribution in [0.15, 0.2) is 24.9 Å². The standard InChI is InChI=1S/C11H17N3/c1-2-9-14-11(5-8-13-14)10-3-6-12-7-4-10/h2,5,8,10,12H,1,3-4,6-7,9H2. The Morgan fingerprint density at radius 2 is 2.36 bits per heavy atom. The quantitative estimate of drug-likeness (QED) is 0.734. The van der Waals surface area contributed by atoms with Gasteiger partial charge in [-0.15, -0.1) is 6.58 Å². The van der Waals surface area contributed by atoms with Crippen LogP contribution in [0.4, 0.5) is 0 Å². The second-order valence-electron chi connectivity index (χ2n) is 3.75. The Morgan fingerprint density at radius 1 is 1.57 bits per heavy atom. The summed E-state index contributed by atoms with van der Waals surface area (Å²) in [6.07, 6.45) is 6.24. The molecule has 1 fully saturated rings. The first-order valence-corrected chi connectivity index (χ1v) is 5.25. The van der Waals surface area contributed by atoms with Crippen molar-refractivity contribution in [2.45, 2.75) is 25.3 Å². The van der Waals surface area contributed by atoms with E-state index in [0.717, 1.165) is 19.6 Å². The summed E-state index contributed by atoms with van der Waals surface area (Å²) < 4.78 is 2.06. The van der Waals surface area contributed by atoms with Crippen molar-refractivity contribution in [3.8, 4) is 0 Å². The molecule has 0 radical (unpaired) electrons. The minimum Gasteiger partial charge on any atom is -0.317 e. The fourth-order valence-electron chi connectivity index (χ4n) is 2.08. The van der Waals surface area contributed by atoms with Gasteiger partial charge in [-0.1, -0.05) is 6.08 Å². The second kappa shape index (κ2) is 4.42. The Hall–Kier alpha value is -1.09. The zero-order valence-corrected chi connectivity index (χ0v) is 8.45. The van der Waals surface area contributed by atoms with Crippen LogP contribution in [-0.2, 0) is 6.54 Å². The van der Waals surface area contributed by atoms with Crippen LogP contribution in [0.5, 0.6) is 0 Å². The van der Waals surface area contributed by atoms with Crippen LogP contribution in [0, 0.1) is 0 Å². The van der Waals surface area contributed by atoms with Crippen LogP contribution in [0.1, 0.15) is 24.5 Å². The highest BCUT2D eigenvalue weighted by Gasteiger charge is 2.18. The summed E-state index contributed by atoms with van der Waals surface area (Å²) in [4.78, 5) is 0. The highest BCUT2D eigenvalue weighted by molar-refractivity contribution is 5.09. The molecule has 1 aromatic rings. The molecule has 0 aromatic carbocycles. The molecule has 1 aromatic heterocycles. The lowest BCUT2D eigenvalue weighted by Crippen LogP contribution is -2.27. The number of nitrogens with zero attached hydrogens (tertiary/aromatic N) is 2. The molecule has 0 atom stereocenters. The summed E-state index contributed by atoms with van der Waals surface area (Å²) in [7, 11) is 0. The van der Waals surface area contributed by atoms with Gasteiger partial charge in [0.15, 0.2) is 0 Å². The maximum Gasteiger partial charge on any atom is 0.0590 e. The molecule has 1 N–H and O–H groups in total. The Morgan fingerprint density at radius 3 is 3.07 bits per heavy atom. The average molecular weight is 191 g/mol. The molecule has 0 unspecified atom stereocenters. The summed E-state index contributed by atoms with van der Waals surface area (Å²) in [6, 6.07) is 2.14. The lowest BCUT2D eigenvalue weighted by molar-refractivity contribution is 0.436. The third-order valence-electron chi connectivity index (χ3n) is 2.81. The predicted molar refractivity (Wildman–Crippen MR) is 57.3 cm³/mol. The molecule has 2 rings (SSSR count). The minimum atomic E-state index is 0.679. The topological polar surface area (TPSA) is 29.9 Å². The van der Waals surface area contributed by atoms with Crippen molar-refractivity contribution in [1.82, 2.24) is 15.1 Å². The highest BCUT2D eigenvalue weighted by atomic mass is 15.3. The predicted octanol–water partition coefficient (Wildman–Crippen LogP) is 1.54. The first-order valence-electron chi connectivity index (χ1n) is 5.25. The Labute approximate surface area is 84.8 Å². The lowest BCUT2D eigenvalue weighted by atomic mass is 9.94. The summed E-state index contributed by atoms with van der Waals surface area (Å²) in [6.45, 7) is 6.83. The van der Waals surface area contributed by atoms with E-state index >= 15 is 0 Å². The number of rotatable bonds is 3. The van der Waals surface area contributed by atoms with Crippen LogP contribution < -0.4 is 5.32 Å². The second-order valence-corrected chi connectivity index (χ2v) is 3.75. The molecule has 0 bridgehead atoms. The van der Waals surface area contributed by atoms with E-state index in [1.807, 2.05) is 12.3 Å². The number of aromatic nitrogens is 2. The first kappa shape index (κ1) is 9.46. The minimum absolute atomic E-state index is 0.679. The molecule has 1 saturated heterocycles. The van der Waals surface area contributed by atoms with E-state index in [9.17, 15) is 0 Å². The van der Waals surface area contributed by atoms with Gasteiger partial charge in [0, 0.05) is 17.8 Å². The maximum absolute atomic E-state index is 4.31. The van der Waals surface area contributed by atoms with Crippen LogP contribution in [0.2, 0.25) is 0 Å². The van der Waals surface area contributed by atoms with Crippen LogP contribution in [-0.4, -0.2) is 22.9 Å². The molecule has 0 amide bonds. The Kier molecular flexibility index (Phi) is 2.99. The number of hydrogen-bond acceptors (Lipinski definition) is 2. The molecule has 3 heteroatoms. The normalized spacial score (nSPS) is 18.3. The zero-order chi connectivity index (χ0) is 9.80. The van der Waals surface area contributed by atoms with Gasteiger partial charge in [-0.05, 0) is 32.0 Å². The van der Waals surface area contributed by atoms with E-state index in [2.05, 4.69) is 27.7 Å². The number of nitrogens with one attached hydrogen (secondary N) is 1. The first-order chi connectivity index (χ1) is 6.92.